The van der Waals surface area contributed by atoms with Gasteiger partial charge in [0, 0.05) is 12.0 Å². The molecule has 1 aromatic carbocycles. The lowest BCUT2D eigenvalue weighted by Crippen LogP contribution is -2.15. The van der Waals surface area contributed by atoms with Crippen molar-refractivity contribution in [3.63, 3.8) is 0 Å². The molecule has 1 atom stereocenters. The first-order chi connectivity index (χ1) is 6.91. The fourth-order valence-corrected chi connectivity index (χ4v) is 2.77. The molecule has 0 saturated heterocycles. The normalized spacial score (nSPS) is 20.4. The van der Waals surface area contributed by atoms with Crippen molar-refractivity contribution in [2.75, 3.05) is 0 Å². The minimum atomic E-state index is -3.81. The van der Waals surface area contributed by atoms with Gasteiger partial charge in [-0.15, -0.1) is 0 Å². The highest BCUT2D eigenvalue weighted by Gasteiger charge is 2.31. The van der Waals surface area contributed by atoms with E-state index < -0.39 is 10.0 Å². The first kappa shape index (κ1) is 10.3. The van der Waals surface area contributed by atoms with Crippen molar-refractivity contribution in [2.45, 2.75) is 24.2 Å². The third-order valence-electron chi connectivity index (χ3n) is 2.67. The van der Waals surface area contributed by atoms with Crippen LogP contribution in [0.5, 0.6) is 0 Å². The molecule has 0 heterocycles. The predicted octanol–water partition coefficient (Wildman–Crippen LogP) is 1.02. The zero-order valence-corrected chi connectivity index (χ0v) is 9.04. The number of fused-ring (bicyclic) bond motifs is 1. The molecule has 0 fully saturated rings. The molecule has 0 bridgehead atoms. The van der Waals surface area contributed by atoms with E-state index in [0.29, 0.717) is 6.42 Å². The van der Waals surface area contributed by atoms with Gasteiger partial charge in [-0.05, 0) is 17.5 Å². The Morgan fingerprint density at radius 1 is 1.40 bits per heavy atom. The summed E-state index contributed by atoms with van der Waals surface area (Å²) in [6.45, 7) is 1.90. The molecule has 1 unspecified atom stereocenters. The molecule has 0 aromatic heterocycles. The highest BCUT2D eigenvalue weighted by atomic mass is 32.2. The zero-order chi connectivity index (χ0) is 11.2. The number of hydrogen-bond donors (Lipinski definition) is 1. The van der Waals surface area contributed by atoms with Crippen LogP contribution in [0.3, 0.4) is 0 Å². The maximum Gasteiger partial charge on any atom is 0.238 e. The van der Waals surface area contributed by atoms with E-state index >= 15 is 0 Å². The van der Waals surface area contributed by atoms with Crippen LogP contribution >= 0.6 is 0 Å². The van der Waals surface area contributed by atoms with E-state index in [-0.39, 0.29) is 22.2 Å². The average Bonchev–Trinajstić information content (AvgIpc) is 2.41. The smallest absolute Gasteiger partial charge is 0.238 e. The summed E-state index contributed by atoms with van der Waals surface area (Å²) in [5, 5.41) is 5.06. The molecule has 0 saturated carbocycles. The Balaban J connectivity index is 2.77. The van der Waals surface area contributed by atoms with Gasteiger partial charge in [-0.2, -0.15) is 0 Å². The van der Waals surface area contributed by atoms with Gasteiger partial charge >= 0.3 is 0 Å². The number of rotatable bonds is 1. The number of sulfonamides is 1. The number of carbonyl (C=O) groups is 1. The first-order valence-electron chi connectivity index (χ1n) is 4.60. The van der Waals surface area contributed by atoms with Crippen LogP contribution in [0.25, 0.3) is 0 Å². The molecule has 0 radical (unpaired) electrons. The SMILES string of the molecule is CC1CC(=O)c2c1cccc2S(N)(=O)=O. The summed E-state index contributed by atoms with van der Waals surface area (Å²) in [6.07, 6.45) is 0.363. The van der Waals surface area contributed by atoms with Crippen molar-refractivity contribution in [3.8, 4) is 0 Å². The number of ketones is 1. The van der Waals surface area contributed by atoms with E-state index in [1.807, 2.05) is 6.92 Å². The Labute approximate surface area is 88.1 Å². The number of benzene rings is 1. The van der Waals surface area contributed by atoms with Gasteiger partial charge in [0.2, 0.25) is 10.0 Å². The van der Waals surface area contributed by atoms with Gasteiger partial charge in [0.05, 0.1) is 4.90 Å². The topological polar surface area (TPSA) is 77.2 Å². The molecule has 1 aromatic rings. The van der Waals surface area contributed by atoms with Crippen molar-refractivity contribution >= 4 is 15.8 Å². The molecule has 1 aliphatic rings. The van der Waals surface area contributed by atoms with Crippen molar-refractivity contribution in [1.29, 1.82) is 0 Å². The van der Waals surface area contributed by atoms with E-state index in [4.69, 9.17) is 5.14 Å². The van der Waals surface area contributed by atoms with E-state index in [1.165, 1.54) is 6.07 Å². The standard InChI is InChI=1S/C10H11NO3S/c1-6-5-8(12)10-7(6)3-2-4-9(10)15(11,13)14/h2-4,6H,5H2,1H3,(H2,11,13,14). The number of nitrogens with two attached hydrogens (primary N) is 1. The minimum Gasteiger partial charge on any atom is -0.294 e. The van der Waals surface area contributed by atoms with Crippen LogP contribution < -0.4 is 5.14 Å². The molecule has 15 heavy (non-hydrogen) atoms. The van der Waals surface area contributed by atoms with Crippen molar-refractivity contribution < 1.29 is 13.2 Å². The third kappa shape index (κ3) is 1.57. The number of hydrogen-bond acceptors (Lipinski definition) is 3. The fourth-order valence-electron chi connectivity index (χ4n) is 1.98. The Bertz CT molecular complexity index is 534. The van der Waals surface area contributed by atoms with Gasteiger partial charge in [-0.3, -0.25) is 4.79 Å². The summed E-state index contributed by atoms with van der Waals surface area (Å²) in [5.74, 6) is -0.0590. The molecule has 0 aliphatic heterocycles. The maximum atomic E-state index is 11.6. The Morgan fingerprint density at radius 2 is 2.07 bits per heavy atom. The lowest BCUT2D eigenvalue weighted by molar-refractivity contribution is 0.0987. The Hall–Kier alpha value is -1.20. The second kappa shape index (κ2) is 3.15. The van der Waals surface area contributed by atoms with Gasteiger partial charge < -0.3 is 0 Å². The third-order valence-corrected chi connectivity index (χ3v) is 3.62. The molecular formula is C10H11NO3S. The van der Waals surface area contributed by atoms with E-state index in [9.17, 15) is 13.2 Å². The minimum absolute atomic E-state index is 0.0469. The lowest BCUT2D eigenvalue weighted by Gasteiger charge is -2.06. The van der Waals surface area contributed by atoms with Gasteiger partial charge in [0.15, 0.2) is 5.78 Å². The molecule has 0 spiro atoms. The molecule has 80 valence electrons. The summed E-state index contributed by atoms with van der Waals surface area (Å²) in [4.78, 5) is 11.6. The molecular weight excluding hydrogens is 214 g/mol. The molecule has 0 amide bonds. The van der Waals surface area contributed by atoms with Crippen LogP contribution in [0, 0.1) is 0 Å². The fraction of sp³-hybridized carbons (Fsp3) is 0.300. The van der Waals surface area contributed by atoms with Crippen LogP contribution in [-0.2, 0) is 10.0 Å². The highest BCUT2D eigenvalue weighted by molar-refractivity contribution is 7.89. The van der Waals surface area contributed by atoms with Crippen molar-refractivity contribution in [2.24, 2.45) is 5.14 Å². The summed E-state index contributed by atoms with van der Waals surface area (Å²) < 4.78 is 22.5. The largest absolute Gasteiger partial charge is 0.294 e. The maximum absolute atomic E-state index is 11.6. The summed E-state index contributed by atoms with van der Waals surface area (Å²) in [7, 11) is -3.81. The number of carbonyl (C=O) groups excluding carboxylic acids is 1. The summed E-state index contributed by atoms with van der Waals surface area (Å²) in [5.41, 5.74) is 1.07. The van der Waals surface area contributed by atoms with Crippen LogP contribution in [0.15, 0.2) is 23.1 Å². The van der Waals surface area contributed by atoms with E-state index in [2.05, 4.69) is 0 Å². The van der Waals surface area contributed by atoms with Gasteiger partial charge in [-0.1, -0.05) is 19.1 Å². The number of primary sulfonamides is 1. The second-order valence-corrected chi connectivity index (χ2v) is 5.32. The second-order valence-electron chi connectivity index (χ2n) is 3.79. The van der Waals surface area contributed by atoms with Crippen molar-refractivity contribution in [3.05, 3.63) is 29.3 Å². The summed E-state index contributed by atoms with van der Waals surface area (Å²) in [6, 6.07) is 4.78. The van der Waals surface area contributed by atoms with Crippen LogP contribution in [0.1, 0.15) is 35.2 Å². The van der Waals surface area contributed by atoms with Crippen LogP contribution in [0.2, 0.25) is 0 Å². The average molecular weight is 225 g/mol. The van der Waals surface area contributed by atoms with Crippen LogP contribution in [-0.4, -0.2) is 14.2 Å². The predicted molar refractivity (Wildman–Crippen MR) is 55.2 cm³/mol. The van der Waals surface area contributed by atoms with Crippen molar-refractivity contribution in [1.82, 2.24) is 0 Å². The van der Waals surface area contributed by atoms with Gasteiger partial charge in [0.25, 0.3) is 0 Å². The Morgan fingerprint density at radius 3 is 2.67 bits per heavy atom. The quantitative estimate of drug-likeness (QED) is 0.775. The molecule has 5 heteroatoms. The molecule has 1 aliphatic carbocycles. The molecule has 4 nitrogen and oxygen atoms in total. The Kier molecular flexibility index (Phi) is 2.17. The van der Waals surface area contributed by atoms with E-state index in [1.54, 1.807) is 12.1 Å². The first-order valence-corrected chi connectivity index (χ1v) is 6.15. The molecule has 2 rings (SSSR count). The zero-order valence-electron chi connectivity index (χ0n) is 8.23. The highest BCUT2D eigenvalue weighted by Crippen LogP contribution is 2.35. The van der Waals surface area contributed by atoms with Crippen LogP contribution in [0.4, 0.5) is 0 Å². The monoisotopic (exact) mass is 225 g/mol. The van der Waals surface area contributed by atoms with Gasteiger partial charge in [0.1, 0.15) is 0 Å². The van der Waals surface area contributed by atoms with Gasteiger partial charge in [-0.25, -0.2) is 13.6 Å². The molecule has 2 N–H and O–H groups in total. The van der Waals surface area contributed by atoms with E-state index in [0.717, 1.165) is 5.56 Å². The summed E-state index contributed by atoms with van der Waals surface area (Å²) >= 11 is 0. The lowest BCUT2D eigenvalue weighted by atomic mass is 10.0. The number of Topliss-reactive ketones (excluding diaryl/α,β-unsaturated/α-hetero) is 1.